The van der Waals surface area contributed by atoms with E-state index in [1.807, 2.05) is 37.3 Å². The Balaban J connectivity index is 1.47. The van der Waals surface area contributed by atoms with Gasteiger partial charge in [0.05, 0.1) is 22.9 Å². The molecular weight excluding hydrogens is 332 g/mol. The van der Waals surface area contributed by atoms with Gasteiger partial charge in [0.2, 0.25) is 0 Å². The van der Waals surface area contributed by atoms with Crippen molar-refractivity contribution in [1.82, 2.24) is 15.3 Å². The summed E-state index contributed by atoms with van der Waals surface area (Å²) < 4.78 is 0. The minimum Gasteiger partial charge on any atom is -0.329 e. The second kappa shape index (κ2) is 6.80. The number of fused-ring (bicyclic) bond motifs is 2. The normalized spacial score (nSPS) is 14.8. The standard InChI is InChI=1S/C19H20N4OS/c1-12(18-22-14-8-2-3-10-16(14)25-18)21-19(24)23-15-9-4-6-13-7-5-11-20-17(13)15/h4-7,9,11-12H,2-3,8,10H2,1H3,(H2,21,23,24)/t12-/m0/s1. The summed E-state index contributed by atoms with van der Waals surface area (Å²) in [7, 11) is 0. The molecule has 0 saturated heterocycles. The van der Waals surface area contributed by atoms with E-state index in [2.05, 4.69) is 15.6 Å². The van der Waals surface area contributed by atoms with Crippen LogP contribution in [0, 0.1) is 0 Å². The van der Waals surface area contributed by atoms with Crippen LogP contribution in [0.3, 0.4) is 0 Å². The quantitative estimate of drug-likeness (QED) is 0.732. The predicted octanol–water partition coefficient (Wildman–Crippen LogP) is 4.45. The Morgan fingerprint density at radius 2 is 2.04 bits per heavy atom. The number of rotatable bonds is 3. The Morgan fingerprint density at radius 3 is 2.92 bits per heavy atom. The number of nitrogens with one attached hydrogen (secondary N) is 2. The molecule has 0 saturated carbocycles. The first kappa shape index (κ1) is 16.0. The fraction of sp³-hybridized carbons (Fsp3) is 0.316. The molecule has 1 aromatic carbocycles. The summed E-state index contributed by atoms with van der Waals surface area (Å²) in [5, 5.41) is 7.89. The first-order valence-electron chi connectivity index (χ1n) is 8.60. The van der Waals surface area contributed by atoms with E-state index >= 15 is 0 Å². The van der Waals surface area contributed by atoms with Gasteiger partial charge in [0.15, 0.2) is 0 Å². The van der Waals surface area contributed by atoms with Crippen molar-refractivity contribution in [3.63, 3.8) is 0 Å². The SMILES string of the molecule is C[C@H](NC(=O)Nc1cccc2cccnc12)c1nc2c(s1)CCCC2. The Kier molecular flexibility index (Phi) is 4.36. The van der Waals surface area contributed by atoms with Gasteiger partial charge < -0.3 is 10.6 Å². The maximum absolute atomic E-state index is 12.4. The third-order valence-electron chi connectivity index (χ3n) is 4.46. The number of nitrogens with zero attached hydrogens (tertiary/aromatic N) is 2. The number of carbonyl (C=O) groups excluding carboxylic acids is 1. The lowest BCUT2D eigenvalue weighted by atomic mass is 10.0. The van der Waals surface area contributed by atoms with Crippen molar-refractivity contribution < 1.29 is 4.79 Å². The minimum absolute atomic E-state index is 0.112. The lowest BCUT2D eigenvalue weighted by molar-refractivity contribution is 0.249. The number of thiazole rings is 1. The maximum atomic E-state index is 12.4. The number of para-hydroxylation sites is 1. The first-order chi connectivity index (χ1) is 12.2. The number of aromatic nitrogens is 2. The molecule has 2 aromatic heterocycles. The summed E-state index contributed by atoms with van der Waals surface area (Å²) >= 11 is 1.73. The van der Waals surface area contributed by atoms with Gasteiger partial charge in [0.25, 0.3) is 0 Å². The van der Waals surface area contributed by atoms with Crippen molar-refractivity contribution in [2.75, 3.05) is 5.32 Å². The molecule has 0 spiro atoms. The smallest absolute Gasteiger partial charge is 0.319 e. The molecule has 4 rings (SSSR count). The maximum Gasteiger partial charge on any atom is 0.319 e. The second-order valence-electron chi connectivity index (χ2n) is 6.33. The first-order valence-corrected chi connectivity index (χ1v) is 9.42. The second-order valence-corrected chi connectivity index (χ2v) is 7.45. The van der Waals surface area contributed by atoms with Gasteiger partial charge in [-0.25, -0.2) is 9.78 Å². The number of benzene rings is 1. The van der Waals surface area contributed by atoms with Gasteiger partial charge in [0, 0.05) is 16.5 Å². The molecule has 1 aliphatic rings. The molecule has 0 unspecified atom stereocenters. The van der Waals surface area contributed by atoms with Crippen LogP contribution in [0.25, 0.3) is 10.9 Å². The average molecular weight is 352 g/mol. The van der Waals surface area contributed by atoms with Crippen LogP contribution in [0.1, 0.15) is 41.4 Å². The number of pyridine rings is 1. The van der Waals surface area contributed by atoms with Gasteiger partial charge in [-0.15, -0.1) is 11.3 Å². The van der Waals surface area contributed by atoms with Crippen LogP contribution in [0.15, 0.2) is 36.5 Å². The lowest BCUT2D eigenvalue weighted by Crippen LogP contribution is -2.31. The lowest BCUT2D eigenvalue weighted by Gasteiger charge is -2.13. The van der Waals surface area contributed by atoms with Gasteiger partial charge >= 0.3 is 6.03 Å². The Bertz CT molecular complexity index is 892. The van der Waals surface area contributed by atoms with Crippen LogP contribution in [0.4, 0.5) is 10.5 Å². The van der Waals surface area contributed by atoms with E-state index in [0.29, 0.717) is 5.69 Å². The molecule has 0 radical (unpaired) electrons. The molecule has 5 nitrogen and oxygen atoms in total. The highest BCUT2D eigenvalue weighted by molar-refractivity contribution is 7.11. The zero-order valence-electron chi connectivity index (χ0n) is 14.1. The van der Waals surface area contributed by atoms with Crippen LogP contribution in [-0.4, -0.2) is 16.0 Å². The highest BCUT2D eigenvalue weighted by Gasteiger charge is 2.19. The number of hydrogen-bond acceptors (Lipinski definition) is 4. The molecule has 0 bridgehead atoms. The van der Waals surface area contributed by atoms with Crippen molar-refractivity contribution in [1.29, 1.82) is 0 Å². The van der Waals surface area contributed by atoms with Crippen LogP contribution in [0.2, 0.25) is 0 Å². The van der Waals surface area contributed by atoms with Gasteiger partial charge in [-0.1, -0.05) is 18.2 Å². The number of urea groups is 1. The molecule has 3 aromatic rings. The number of anilines is 1. The van der Waals surface area contributed by atoms with Crippen LogP contribution in [0.5, 0.6) is 0 Å². The Hall–Kier alpha value is -2.47. The van der Waals surface area contributed by atoms with E-state index in [9.17, 15) is 4.79 Å². The average Bonchev–Trinajstić information content (AvgIpc) is 3.06. The summed E-state index contributed by atoms with van der Waals surface area (Å²) in [6, 6.07) is 9.28. The van der Waals surface area contributed by atoms with Crippen molar-refractivity contribution in [2.45, 2.75) is 38.6 Å². The molecule has 25 heavy (non-hydrogen) atoms. The molecule has 0 aliphatic heterocycles. The zero-order chi connectivity index (χ0) is 17.2. The molecule has 2 N–H and O–H groups in total. The summed E-state index contributed by atoms with van der Waals surface area (Å²) in [5.74, 6) is 0. The van der Waals surface area contributed by atoms with Crippen molar-refractivity contribution in [2.24, 2.45) is 0 Å². The van der Waals surface area contributed by atoms with E-state index in [1.54, 1.807) is 17.5 Å². The van der Waals surface area contributed by atoms with Crippen molar-refractivity contribution in [3.8, 4) is 0 Å². The van der Waals surface area contributed by atoms with Gasteiger partial charge in [-0.2, -0.15) is 0 Å². The number of carbonyl (C=O) groups is 1. The zero-order valence-corrected chi connectivity index (χ0v) is 14.9. The monoisotopic (exact) mass is 352 g/mol. The largest absolute Gasteiger partial charge is 0.329 e. The molecule has 0 fully saturated rings. The Labute approximate surface area is 150 Å². The number of aryl methyl sites for hydroxylation is 2. The molecular formula is C19H20N4OS. The molecule has 6 heteroatoms. The number of hydrogen-bond donors (Lipinski definition) is 2. The van der Waals surface area contributed by atoms with Crippen molar-refractivity contribution >= 4 is 34.0 Å². The van der Waals surface area contributed by atoms with E-state index in [4.69, 9.17) is 4.98 Å². The van der Waals surface area contributed by atoms with Crippen molar-refractivity contribution in [3.05, 3.63) is 52.1 Å². The fourth-order valence-corrected chi connectivity index (χ4v) is 4.33. The summed E-state index contributed by atoms with van der Waals surface area (Å²) in [4.78, 5) is 22.9. The summed E-state index contributed by atoms with van der Waals surface area (Å²) in [5.41, 5.74) is 2.72. The highest BCUT2D eigenvalue weighted by atomic mass is 32.1. The van der Waals surface area contributed by atoms with E-state index < -0.39 is 0 Å². The van der Waals surface area contributed by atoms with Crippen LogP contribution in [-0.2, 0) is 12.8 Å². The van der Waals surface area contributed by atoms with E-state index in [1.165, 1.54) is 23.4 Å². The number of amides is 2. The fourth-order valence-electron chi connectivity index (χ4n) is 3.18. The third kappa shape index (κ3) is 3.35. The van der Waals surface area contributed by atoms with Gasteiger partial charge in [-0.3, -0.25) is 4.98 Å². The van der Waals surface area contributed by atoms with E-state index in [-0.39, 0.29) is 12.1 Å². The van der Waals surface area contributed by atoms with Gasteiger partial charge in [-0.05, 0) is 44.7 Å². The third-order valence-corrected chi connectivity index (χ3v) is 5.80. The highest BCUT2D eigenvalue weighted by Crippen LogP contribution is 2.29. The van der Waals surface area contributed by atoms with E-state index in [0.717, 1.165) is 28.8 Å². The molecule has 2 heterocycles. The Morgan fingerprint density at radius 1 is 1.20 bits per heavy atom. The van der Waals surface area contributed by atoms with Gasteiger partial charge in [0.1, 0.15) is 5.01 Å². The molecule has 1 atom stereocenters. The summed E-state index contributed by atoms with van der Waals surface area (Å²) in [6.07, 6.45) is 6.37. The predicted molar refractivity (Wildman–Crippen MR) is 101 cm³/mol. The van der Waals surface area contributed by atoms with Crippen LogP contribution < -0.4 is 10.6 Å². The molecule has 2 amide bonds. The molecule has 128 valence electrons. The topological polar surface area (TPSA) is 66.9 Å². The molecule has 1 aliphatic carbocycles. The van der Waals surface area contributed by atoms with Crippen LogP contribution >= 0.6 is 11.3 Å². The minimum atomic E-state index is -0.237. The summed E-state index contributed by atoms with van der Waals surface area (Å²) in [6.45, 7) is 1.98.